The normalized spacial score (nSPS) is 10.2. The number of aromatic amines is 1. The van der Waals surface area contributed by atoms with Crippen LogP contribution in [0, 0.1) is 6.92 Å². The van der Waals surface area contributed by atoms with Gasteiger partial charge in [0.2, 0.25) is 5.91 Å². The van der Waals surface area contributed by atoms with Gasteiger partial charge in [-0.25, -0.2) is 4.79 Å². The molecule has 1 aromatic heterocycles. The fraction of sp³-hybridized carbons (Fsp3) is 0.278. The van der Waals surface area contributed by atoms with Crippen LogP contribution < -0.4 is 10.9 Å². The Labute approximate surface area is 139 Å². The highest BCUT2D eigenvalue weighted by Crippen LogP contribution is 2.17. The van der Waals surface area contributed by atoms with Crippen LogP contribution >= 0.6 is 0 Å². The Morgan fingerprint density at radius 2 is 2.00 bits per heavy atom. The van der Waals surface area contributed by atoms with Gasteiger partial charge in [-0.2, -0.15) is 0 Å². The molecule has 0 unspecified atom stereocenters. The van der Waals surface area contributed by atoms with Crippen LogP contribution in [-0.2, 0) is 9.53 Å². The molecule has 1 heterocycles. The molecule has 0 atom stereocenters. The number of pyridine rings is 1. The number of amides is 1. The Morgan fingerprint density at radius 1 is 1.21 bits per heavy atom. The highest BCUT2D eigenvalue weighted by Gasteiger charge is 2.12. The van der Waals surface area contributed by atoms with Crippen molar-refractivity contribution in [3.8, 4) is 11.3 Å². The second kappa shape index (κ2) is 8.10. The first-order valence-electron chi connectivity index (χ1n) is 7.69. The molecule has 126 valence electrons. The van der Waals surface area contributed by atoms with Crippen LogP contribution in [0.15, 0.2) is 41.2 Å². The summed E-state index contributed by atoms with van der Waals surface area (Å²) in [6.45, 7) is 3.94. The molecule has 0 aliphatic carbocycles. The number of aromatic nitrogens is 1. The third kappa shape index (κ3) is 4.81. The molecule has 0 radical (unpaired) electrons. The van der Waals surface area contributed by atoms with Crippen LogP contribution in [0.25, 0.3) is 11.3 Å². The summed E-state index contributed by atoms with van der Waals surface area (Å²) < 4.78 is 5.05. The molecule has 0 saturated heterocycles. The molecule has 0 spiro atoms. The van der Waals surface area contributed by atoms with E-state index in [1.807, 2.05) is 31.2 Å². The number of carbonyl (C=O) groups is 2. The number of H-pyrrole nitrogens is 1. The van der Waals surface area contributed by atoms with Gasteiger partial charge in [-0.05, 0) is 37.1 Å². The summed E-state index contributed by atoms with van der Waals surface area (Å²) in [5, 5.41) is 2.60. The molecule has 24 heavy (non-hydrogen) atoms. The number of rotatable bonds is 6. The van der Waals surface area contributed by atoms with E-state index in [2.05, 4.69) is 10.3 Å². The summed E-state index contributed by atoms with van der Waals surface area (Å²) in [4.78, 5) is 37.5. The van der Waals surface area contributed by atoms with Gasteiger partial charge in [0.25, 0.3) is 5.56 Å². The predicted octanol–water partition coefficient (Wildman–Crippen LogP) is 2.03. The van der Waals surface area contributed by atoms with Crippen molar-refractivity contribution in [1.82, 2.24) is 10.3 Å². The van der Waals surface area contributed by atoms with Gasteiger partial charge < -0.3 is 15.0 Å². The van der Waals surface area contributed by atoms with Crippen LogP contribution in [0.4, 0.5) is 0 Å². The first kappa shape index (κ1) is 17.5. The average molecular weight is 328 g/mol. The van der Waals surface area contributed by atoms with Gasteiger partial charge in [0, 0.05) is 19.2 Å². The zero-order valence-corrected chi connectivity index (χ0v) is 13.7. The topological polar surface area (TPSA) is 88.3 Å². The van der Waals surface area contributed by atoms with Crippen LogP contribution in [0.1, 0.15) is 29.3 Å². The molecular weight excluding hydrogens is 308 g/mol. The van der Waals surface area contributed by atoms with E-state index in [0.717, 1.165) is 11.1 Å². The van der Waals surface area contributed by atoms with E-state index in [9.17, 15) is 14.4 Å². The van der Waals surface area contributed by atoms with E-state index < -0.39 is 11.5 Å². The standard InChI is InChI=1S/C18H20N2O4/c1-12-5-3-6-14(11-12)16-8-7-15(17(22)20-16)18(23)24-10-4-9-19-13(2)21/h3,5-8,11H,4,9-10H2,1-2H3,(H,19,21)(H,20,22). The average Bonchev–Trinajstić information content (AvgIpc) is 2.54. The third-order valence-electron chi connectivity index (χ3n) is 3.39. The molecule has 0 saturated carbocycles. The van der Waals surface area contributed by atoms with Crippen molar-refractivity contribution in [3.05, 3.63) is 57.9 Å². The maximum absolute atomic E-state index is 12.1. The highest BCUT2D eigenvalue weighted by molar-refractivity contribution is 5.89. The summed E-state index contributed by atoms with van der Waals surface area (Å²) in [6, 6.07) is 10.9. The fourth-order valence-corrected chi connectivity index (χ4v) is 2.19. The Morgan fingerprint density at radius 3 is 2.67 bits per heavy atom. The van der Waals surface area contributed by atoms with E-state index in [1.54, 1.807) is 6.07 Å². The molecule has 0 aliphatic heterocycles. The number of hydrogen-bond acceptors (Lipinski definition) is 4. The zero-order valence-electron chi connectivity index (χ0n) is 13.7. The summed E-state index contributed by atoms with van der Waals surface area (Å²) in [6.07, 6.45) is 0.491. The van der Waals surface area contributed by atoms with Crippen molar-refractivity contribution < 1.29 is 14.3 Å². The van der Waals surface area contributed by atoms with Gasteiger partial charge in [-0.3, -0.25) is 9.59 Å². The second-order valence-corrected chi connectivity index (χ2v) is 5.46. The summed E-state index contributed by atoms with van der Waals surface area (Å²) in [5.74, 6) is -0.806. The quantitative estimate of drug-likeness (QED) is 0.627. The largest absolute Gasteiger partial charge is 0.462 e. The van der Waals surface area contributed by atoms with Gasteiger partial charge in [0.15, 0.2) is 0 Å². The maximum atomic E-state index is 12.1. The number of ether oxygens (including phenoxy) is 1. The minimum atomic E-state index is -0.671. The van der Waals surface area contributed by atoms with E-state index in [4.69, 9.17) is 4.74 Å². The monoisotopic (exact) mass is 328 g/mol. The smallest absolute Gasteiger partial charge is 0.343 e. The summed E-state index contributed by atoms with van der Waals surface area (Å²) in [5.41, 5.74) is 2.08. The molecule has 2 N–H and O–H groups in total. The maximum Gasteiger partial charge on any atom is 0.343 e. The van der Waals surface area contributed by atoms with Gasteiger partial charge in [-0.15, -0.1) is 0 Å². The SMILES string of the molecule is CC(=O)NCCCOC(=O)c1ccc(-c2cccc(C)c2)[nH]c1=O. The first-order chi connectivity index (χ1) is 11.5. The van der Waals surface area contributed by atoms with Crippen molar-refractivity contribution in [2.24, 2.45) is 0 Å². The fourth-order valence-electron chi connectivity index (χ4n) is 2.19. The van der Waals surface area contributed by atoms with Gasteiger partial charge >= 0.3 is 5.97 Å². The number of esters is 1. The first-order valence-corrected chi connectivity index (χ1v) is 7.69. The highest BCUT2D eigenvalue weighted by atomic mass is 16.5. The molecule has 6 nitrogen and oxygen atoms in total. The Kier molecular flexibility index (Phi) is 5.89. The Hall–Kier alpha value is -2.89. The van der Waals surface area contributed by atoms with Gasteiger partial charge in [-0.1, -0.05) is 23.8 Å². The van der Waals surface area contributed by atoms with Crippen LogP contribution in [0.5, 0.6) is 0 Å². The molecule has 0 aliphatic rings. The van der Waals surface area contributed by atoms with E-state index in [-0.39, 0.29) is 18.1 Å². The van der Waals surface area contributed by atoms with Gasteiger partial charge in [0.05, 0.1) is 6.61 Å². The molecule has 2 rings (SSSR count). The number of carbonyl (C=O) groups excluding carboxylic acids is 2. The number of benzene rings is 1. The lowest BCUT2D eigenvalue weighted by atomic mass is 10.1. The van der Waals surface area contributed by atoms with Gasteiger partial charge in [0.1, 0.15) is 5.56 Å². The van der Waals surface area contributed by atoms with E-state index in [1.165, 1.54) is 13.0 Å². The van der Waals surface area contributed by atoms with Crippen LogP contribution in [0.2, 0.25) is 0 Å². The lowest BCUT2D eigenvalue weighted by Crippen LogP contribution is -2.24. The minimum absolute atomic E-state index is 0.0362. The molecule has 0 bridgehead atoms. The van der Waals surface area contributed by atoms with Crippen molar-refractivity contribution >= 4 is 11.9 Å². The Balaban J connectivity index is 2.00. The Bertz CT molecular complexity index is 796. The minimum Gasteiger partial charge on any atom is -0.462 e. The molecular formula is C18H20N2O4. The van der Waals surface area contributed by atoms with E-state index in [0.29, 0.717) is 18.7 Å². The molecule has 1 aromatic carbocycles. The van der Waals surface area contributed by atoms with Crippen molar-refractivity contribution in [1.29, 1.82) is 0 Å². The zero-order chi connectivity index (χ0) is 17.5. The second-order valence-electron chi connectivity index (χ2n) is 5.46. The number of aryl methyl sites for hydroxylation is 1. The molecule has 2 aromatic rings. The summed E-state index contributed by atoms with van der Waals surface area (Å²) in [7, 11) is 0. The lowest BCUT2D eigenvalue weighted by Gasteiger charge is -2.06. The van der Waals surface area contributed by atoms with Crippen LogP contribution in [0.3, 0.4) is 0 Å². The van der Waals surface area contributed by atoms with Crippen molar-refractivity contribution in [3.63, 3.8) is 0 Å². The molecule has 1 amide bonds. The van der Waals surface area contributed by atoms with Crippen molar-refractivity contribution in [2.45, 2.75) is 20.3 Å². The lowest BCUT2D eigenvalue weighted by molar-refractivity contribution is -0.118. The molecule has 0 fully saturated rings. The third-order valence-corrected chi connectivity index (χ3v) is 3.39. The predicted molar refractivity (Wildman–Crippen MR) is 90.8 cm³/mol. The van der Waals surface area contributed by atoms with Crippen molar-refractivity contribution in [2.75, 3.05) is 13.2 Å². The summed E-state index contributed by atoms with van der Waals surface area (Å²) >= 11 is 0. The number of hydrogen-bond donors (Lipinski definition) is 2. The van der Waals surface area contributed by atoms with E-state index >= 15 is 0 Å². The molecule has 6 heteroatoms. The number of nitrogens with one attached hydrogen (secondary N) is 2. The van der Waals surface area contributed by atoms with Crippen LogP contribution in [-0.4, -0.2) is 30.0 Å².